The molecule has 0 spiro atoms. The van der Waals surface area contributed by atoms with Crippen LogP contribution in [-0.2, 0) is 12.8 Å². The van der Waals surface area contributed by atoms with Crippen LogP contribution in [0.2, 0.25) is 0 Å². The number of rotatable bonds is 3. The zero-order chi connectivity index (χ0) is 13.9. The third kappa shape index (κ3) is 2.76. The summed E-state index contributed by atoms with van der Waals surface area (Å²) >= 11 is 3.37. The van der Waals surface area contributed by atoms with Crippen molar-refractivity contribution in [3.05, 3.63) is 40.0 Å². The number of aryl methyl sites for hydroxylation is 2. The maximum absolute atomic E-state index is 5.82. The van der Waals surface area contributed by atoms with Gasteiger partial charge in [-0.2, -0.15) is 4.98 Å². The smallest absolute Gasteiger partial charge is 0.240 e. The number of nitrogen functional groups attached to an aromatic ring is 1. The number of hydrazine groups is 1. The molecule has 1 aliphatic carbocycles. The lowest BCUT2D eigenvalue weighted by atomic mass is 9.92. The number of hydrogen-bond donors (Lipinski definition) is 2. The van der Waals surface area contributed by atoms with E-state index in [4.69, 9.17) is 10.6 Å². The number of ether oxygens (including phenoxy) is 1. The van der Waals surface area contributed by atoms with Gasteiger partial charge in [-0.3, -0.25) is 5.43 Å². The van der Waals surface area contributed by atoms with Crippen molar-refractivity contribution in [1.29, 1.82) is 0 Å². The number of anilines is 1. The molecule has 3 N–H and O–H groups in total. The van der Waals surface area contributed by atoms with Crippen LogP contribution in [0.4, 0.5) is 5.95 Å². The molecule has 0 fully saturated rings. The molecule has 104 valence electrons. The molecule has 0 aliphatic heterocycles. The van der Waals surface area contributed by atoms with E-state index in [1.807, 2.05) is 6.07 Å². The van der Waals surface area contributed by atoms with Gasteiger partial charge in [-0.05, 0) is 64.9 Å². The summed E-state index contributed by atoms with van der Waals surface area (Å²) < 4.78 is 6.51. The van der Waals surface area contributed by atoms with Gasteiger partial charge in [-0.25, -0.2) is 10.8 Å². The molecule has 6 heteroatoms. The van der Waals surface area contributed by atoms with Crippen molar-refractivity contribution in [3.63, 3.8) is 0 Å². The van der Waals surface area contributed by atoms with Gasteiger partial charge in [0.1, 0.15) is 5.75 Å². The van der Waals surface area contributed by atoms with E-state index in [2.05, 4.69) is 43.5 Å². The van der Waals surface area contributed by atoms with E-state index in [1.54, 1.807) is 6.20 Å². The summed E-state index contributed by atoms with van der Waals surface area (Å²) in [5.41, 5.74) is 5.20. The Morgan fingerprint density at radius 1 is 1.20 bits per heavy atom. The van der Waals surface area contributed by atoms with Crippen molar-refractivity contribution in [2.75, 3.05) is 5.43 Å². The van der Waals surface area contributed by atoms with Gasteiger partial charge in [0.2, 0.25) is 11.8 Å². The summed E-state index contributed by atoms with van der Waals surface area (Å²) in [5.74, 6) is 6.86. The van der Waals surface area contributed by atoms with Crippen molar-refractivity contribution < 1.29 is 4.74 Å². The SMILES string of the molecule is NNc1ncc(Br)c(Oc2ccc3c(c2)CCCC3)n1. The molecule has 0 saturated heterocycles. The van der Waals surface area contributed by atoms with E-state index in [9.17, 15) is 0 Å². The van der Waals surface area contributed by atoms with Crippen LogP contribution in [0.15, 0.2) is 28.9 Å². The molecule has 1 heterocycles. The van der Waals surface area contributed by atoms with Gasteiger partial charge in [0.05, 0.1) is 10.7 Å². The van der Waals surface area contributed by atoms with E-state index < -0.39 is 0 Å². The molecule has 1 aliphatic rings. The highest BCUT2D eigenvalue weighted by atomic mass is 79.9. The summed E-state index contributed by atoms with van der Waals surface area (Å²) in [7, 11) is 0. The van der Waals surface area contributed by atoms with Gasteiger partial charge in [0.15, 0.2) is 0 Å². The Morgan fingerprint density at radius 3 is 2.80 bits per heavy atom. The molecule has 20 heavy (non-hydrogen) atoms. The number of nitrogens with two attached hydrogens (primary N) is 1. The summed E-state index contributed by atoms with van der Waals surface area (Å²) in [6.45, 7) is 0. The molecule has 5 nitrogen and oxygen atoms in total. The Kier molecular flexibility index (Phi) is 3.84. The molecule has 0 unspecified atom stereocenters. The monoisotopic (exact) mass is 334 g/mol. The molecule has 0 radical (unpaired) electrons. The van der Waals surface area contributed by atoms with E-state index in [1.165, 1.54) is 24.0 Å². The van der Waals surface area contributed by atoms with Crippen LogP contribution >= 0.6 is 15.9 Å². The standard InChI is InChI=1S/C14H15BrN4O/c15-12-8-17-14(19-16)18-13(12)20-11-6-5-9-3-1-2-4-10(9)7-11/h5-8H,1-4,16H2,(H,17,18,19). The Morgan fingerprint density at radius 2 is 2.00 bits per heavy atom. The normalized spacial score (nSPS) is 13.7. The molecular formula is C14H15BrN4O. The van der Waals surface area contributed by atoms with Gasteiger partial charge >= 0.3 is 0 Å². The van der Waals surface area contributed by atoms with Crippen molar-refractivity contribution >= 4 is 21.9 Å². The molecule has 0 atom stereocenters. The lowest BCUT2D eigenvalue weighted by Crippen LogP contribution is -2.10. The van der Waals surface area contributed by atoms with Crippen LogP contribution < -0.4 is 16.0 Å². The minimum atomic E-state index is 0.321. The zero-order valence-electron chi connectivity index (χ0n) is 10.9. The minimum absolute atomic E-state index is 0.321. The van der Waals surface area contributed by atoms with Crippen LogP contribution in [0.25, 0.3) is 0 Å². The predicted molar refractivity (Wildman–Crippen MR) is 80.7 cm³/mol. The maximum atomic E-state index is 5.82. The van der Waals surface area contributed by atoms with Crippen LogP contribution in [-0.4, -0.2) is 9.97 Å². The molecule has 1 aromatic heterocycles. The maximum Gasteiger partial charge on any atom is 0.240 e. The highest BCUT2D eigenvalue weighted by Crippen LogP contribution is 2.31. The first-order valence-corrected chi connectivity index (χ1v) is 7.34. The number of nitrogens with zero attached hydrogens (tertiary/aromatic N) is 2. The van der Waals surface area contributed by atoms with Crippen molar-refractivity contribution in [3.8, 4) is 11.6 Å². The van der Waals surface area contributed by atoms with Gasteiger partial charge in [0, 0.05) is 0 Å². The van der Waals surface area contributed by atoms with Gasteiger partial charge in [-0.15, -0.1) is 0 Å². The van der Waals surface area contributed by atoms with Gasteiger partial charge in [-0.1, -0.05) is 6.07 Å². The van der Waals surface area contributed by atoms with E-state index in [-0.39, 0.29) is 0 Å². The molecule has 1 aromatic carbocycles. The zero-order valence-corrected chi connectivity index (χ0v) is 12.5. The number of hydrogen-bond acceptors (Lipinski definition) is 5. The Bertz CT molecular complexity index is 633. The second kappa shape index (κ2) is 5.76. The summed E-state index contributed by atoms with van der Waals surface area (Å²) in [6.07, 6.45) is 6.40. The van der Waals surface area contributed by atoms with Gasteiger partial charge in [0.25, 0.3) is 0 Å². The Hall–Kier alpha value is -1.66. The number of benzene rings is 1. The fourth-order valence-electron chi connectivity index (χ4n) is 2.38. The minimum Gasteiger partial charge on any atom is -0.438 e. The Labute approximate surface area is 125 Å². The summed E-state index contributed by atoms with van der Waals surface area (Å²) in [6, 6.07) is 6.22. The van der Waals surface area contributed by atoms with E-state index >= 15 is 0 Å². The largest absolute Gasteiger partial charge is 0.438 e. The highest BCUT2D eigenvalue weighted by molar-refractivity contribution is 9.10. The molecule has 0 bridgehead atoms. The second-order valence-corrected chi connectivity index (χ2v) is 5.59. The molecule has 3 rings (SSSR count). The third-order valence-corrected chi connectivity index (χ3v) is 3.92. The van der Waals surface area contributed by atoms with E-state index in [0.717, 1.165) is 18.6 Å². The lowest BCUT2D eigenvalue weighted by Gasteiger charge is -2.16. The molecular weight excluding hydrogens is 320 g/mol. The van der Waals surface area contributed by atoms with Crippen molar-refractivity contribution in [2.45, 2.75) is 25.7 Å². The predicted octanol–water partition coefficient (Wildman–Crippen LogP) is 3.20. The van der Waals surface area contributed by atoms with Crippen LogP contribution in [0, 0.1) is 0 Å². The highest BCUT2D eigenvalue weighted by Gasteiger charge is 2.12. The first-order valence-electron chi connectivity index (χ1n) is 6.55. The molecule has 2 aromatic rings. The van der Waals surface area contributed by atoms with Crippen molar-refractivity contribution in [2.24, 2.45) is 5.84 Å². The first kappa shape index (κ1) is 13.3. The van der Waals surface area contributed by atoms with Crippen LogP contribution in [0.1, 0.15) is 24.0 Å². The lowest BCUT2D eigenvalue weighted by molar-refractivity contribution is 0.457. The topological polar surface area (TPSA) is 73.1 Å². The summed E-state index contributed by atoms with van der Waals surface area (Å²) in [5, 5.41) is 0. The second-order valence-electron chi connectivity index (χ2n) is 4.73. The number of halogens is 1. The average molecular weight is 335 g/mol. The van der Waals surface area contributed by atoms with Crippen molar-refractivity contribution in [1.82, 2.24) is 9.97 Å². The molecule has 0 saturated carbocycles. The number of nitrogens with one attached hydrogen (secondary N) is 1. The quantitative estimate of drug-likeness (QED) is 0.666. The molecule has 0 amide bonds. The van der Waals surface area contributed by atoms with Crippen LogP contribution in [0.5, 0.6) is 11.6 Å². The first-order chi connectivity index (χ1) is 9.76. The fraction of sp³-hybridized carbons (Fsp3) is 0.286. The number of aromatic nitrogens is 2. The third-order valence-electron chi connectivity index (χ3n) is 3.38. The van der Waals surface area contributed by atoms with E-state index in [0.29, 0.717) is 16.3 Å². The van der Waals surface area contributed by atoms with Crippen LogP contribution in [0.3, 0.4) is 0 Å². The average Bonchev–Trinajstić information content (AvgIpc) is 2.49. The number of fused-ring (bicyclic) bond motifs is 1. The fourth-order valence-corrected chi connectivity index (χ4v) is 2.65. The Balaban J connectivity index is 1.87. The summed E-state index contributed by atoms with van der Waals surface area (Å²) in [4.78, 5) is 8.18. The van der Waals surface area contributed by atoms with Gasteiger partial charge < -0.3 is 4.74 Å².